The van der Waals surface area contributed by atoms with Crippen LogP contribution in [0, 0.1) is 11.6 Å². The summed E-state index contributed by atoms with van der Waals surface area (Å²) in [5.74, 6) is -2.06. The molecule has 0 aliphatic rings. The summed E-state index contributed by atoms with van der Waals surface area (Å²) in [5.41, 5.74) is 1.66. The molecule has 0 bridgehead atoms. The summed E-state index contributed by atoms with van der Waals surface area (Å²) in [4.78, 5) is 14.2. The molecule has 23 heavy (non-hydrogen) atoms. The summed E-state index contributed by atoms with van der Waals surface area (Å²) < 4.78 is 26.5. The highest BCUT2D eigenvalue weighted by Crippen LogP contribution is 2.24. The van der Waals surface area contributed by atoms with Crippen LogP contribution in [0.15, 0.2) is 42.6 Å². The number of aromatic nitrogens is 2. The van der Waals surface area contributed by atoms with Gasteiger partial charge in [0.25, 0.3) is 5.91 Å². The molecule has 1 unspecified atom stereocenters. The maximum absolute atomic E-state index is 13.4. The minimum atomic E-state index is -0.925. The van der Waals surface area contributed by atoms with Crippen molar-refractivity contribution in [2.24, 2.45) is 0 Å². The number of carbonyl (C=O) groups excluding carboxylic acids is 1. The number of amides is 1. The van der Waals surface area contributed by atoms with Gasteiger partial charge in [-0.1, -0.05) is 18.2 Å². The molecule has 1 atom stereocenters. The van der Waals surface area contributed by atoms with Crippen LogP contribution in [0.2, 0.25) is 0 Å². The number of para-hydroxylation sites is 1. The zero-order chi connectivity index (χ0) is 16.6. The SMILES string of the molecule is CC(c1ccc(F)c(F)c1)N(C)C(=O)c1cccc2cn[nH]c12. The van der Waals surface area contributed by atoms with Gasteiger partial charge in [-0.3, -0.25) is 9.89 Å². The lowest BCUT2D eigenvalue weighted by molar-refractivity contribution is 0.0744. The molecule has 1 amide bonds. The van der Waals surface area contributed by atoms with Crippen molar-refractivity contribution in [2.45, 2.75) is 13.0 Å². The lowest BCUT2D eigenvalue weighted by atomic mass is 10.0. The van der Waals surface area contributed by atoms with E-state index in [0.29, 0.717) is 16.6 Å². The van der Waals surface area contributed by atoms with Crippen molar-refractivity contribution in [3.05, 3.63) is 65.4 Å². The summed E-state index contributed by atoms with van der Waals surface area (Å²) in [6.45, 7) is 1.76. The molecule has 0 spiro atoms. The fraction of sp³-hybridized carbons (Fsp3) is 0.176. The van der Waals surface area contributed by atoms with Crippen molar-refractivity contribution in [3.8, 4) is 0 Å². The maximum Gasteiger partial charge on any atom is 0.256 e. The van der Waals surface area contributed by atoms with Gasteiger partial charge in [-0.05, 0) is 30.7 Å². The predicted octanol–water partition coefficient (Wildman–Crippen LogP) is 3.67. The number of hydrogen-bond acceptors (Lipinski definition) is 2. The predicted molar refractivity (Wildman–Crippen MR) is 83.0 cm³/mol. The molecule has 2 aromatic carbocycles. The van der Waals surface area contributed by atoms with Gasteiger partial charge >= 0.3 is 0 Å². The molecular formula is C17H15F2N3O. The highest BCUT2D eigenvalue weighted by Gasteiger charge is 2.22. The fourth-order valence-electron chi connectivity index (χ4n) is 2.51. The van der Waals surface area contributed by atoms with Gasteiger partial charge in [-0.25, -0.2) is 8.78 Å². The van der Waals surface area contributed by atoms with E-state index in [1.807, 2.05) is 6.07 Å². The van der Waals surface area contributed by atoms with E-state index in [-0.39, 0.29) is 5.91 Å². The van der Waals surface area contributed by atoms with Gasteiger partial charge < -0.3 is 4.90 Å². The second kappa shape index (κ2) is 5.79. The third-order valence-corrected chi connectivity index (χ3v) is 4.03. The van der Waals surface area contributed by atoms with E-state index in [2.05, 4.69) is 10.2 Å². The Morgan fingerprint density at radius 2 is 2.00 bits per heavy atom. The molecule has 0 saturated carbocycles. The molecule has 3 rings (SSSR count). The Hall–Kier alpha value is -2.76. The van der Waals surface area contributed by atoms with Gasteiger partial charge in [0.05, 0.1) is 23.3 Å². The van der Waals surface area contributed by atoms with Gasteiger partial charge in [0, 0.05) is 12.4 Å². The van der Waals surface area contributed by atoms with Crippen molar-refractivity contribution in [2.75, 3.05) is 7.05 Å². The normalized spacial score (nSPS) is 12.3. The van der Waals surface area contributed by atoms with Crippen LogP contribution >= 0.6 is 0 Å². The average Bonchev–Trinajstić information content (AvgIpc) is 3.04. The molecule has 0 aliphatic carbocycles. The first kappa shape index (κ1) is 15.1. The summed E-state index contributed by atoms with van der Waals surface area (Å²) in [5, 5.41) is 7.59. The van der Waals surface area contributed by atoms with Crippen molar-refractivity contribution in [3.63, 3.8) is 0 Å². The zero-order valence-electron chi connectivity index (χ0n) is 12.7. The number of hydrogen-bond donors (Lipinski definition) is 1. The number of nitrogens with zero attached hydrogens (tertiary/aromatic N) is 2. The van der Waals surface area contributed by atoms with Crippen molar-refractivity contribution in [1.29, 1.82) is 0 Å². The molecule has 4 nitrogen and oxygen atoms in total. The standard InChI is InChI=1S/C17H15F2N3O/c1-10(11-6-7-14(18)15(19)8-11)22(2)17(23)13-5-3-4-12-9-20-21-16(12)13/h3-10H,1-2H3,(H,20,21). The van der Waals surface area contributed by atoms with Crippen LogP contribution in [0.4, 0.5) is 8.78 Å². The lowest BCUT2D eigenvalue weighted by Gasteiger charge is -2.25. The number of carbonyl (C=O) groups is 1. The van der Waals surface area contributed by atoms with Crippen LogP contribution in [-0.4, -0.2) is 28.1 Å². The number of fused-ring (bicyclic) bond motifs is 1. The van der Waals surface area contributed by atoms with Gasteiger partial charge in [-0.2, -0.15) is 5.10 Å². The summed E-state index contributed by atoms with van der Waals surface area (Å²) in [7, 11) is 1.63. The molecule has 1 N–H and O–H groups in total. The largest absolute Gasteiger partial charge is 0.335 e. The minimum absolute atomic E-state index is 0.225. The van der Waals surface area contributed by atoms with E-state index in [1.165, 1.54) is 11.0 Å². The Kier molecular flexibility index (Phi) is 3.82. The Labute approximate surface area is 131 Å². The van der Waals surface area contributed by atoms with Crippen LogP contribution < -0.4 is 0 Å². The molecular weight excluding hydrogens is 300 g/mol. The Bertz CT molecular complexity index is 875. The minimum Gasteiger partial charge on any atom is -0.335 e. The first-order valence-electron chi connectivity index (χ1n) is 7.13. The Balaban J connectivity index is 1.92. The Morgan fingerprint density at radius 1 is 1.22 bits per heavy atom. The molecule has 0 aliphatic heterocycles. The van der Waals surface area contributed by atoms with Crippen LogP contribution in [0.1, 0.15) is 28.9 Å². The van der Waals surface area contributed by atoms with Crippen LogP contribution in [0.25, 0.3) is 10.9 Å². The molecule has 6 heteroatoms. The quantitative estimate of drug-likeness (QED) is 0.801. The first-order chi connectivity index (χ1) is 11.0. The van der Waals surface area contributed by atoms with E-state index in [9.17, 15) is 13.6 Å². The second-order valence-corrected chi connectivity index (χ2v) is 5.41. The molecule has 1 aromatic heterocycles. The maximum atomic E-state index is 13.4. The van der Waals surface area contributed by atoms with E-state index in [1.54, 1.807) is 32.3 Å². The molecule has 118 valence electrons. The van der Waals surface area contributed by atoms with E-state index < -0.39 is 17.7 Å². The third-order valence-electron chi connectivity index (χ3n) is 4.03. The van der Waals surface area contributed by atoms with Crippen molar-refractivity contribution >= 4 is 16.8 Å². The number of benzene rings is 2. The highest BCUT2D eigenvalue weighted by atomic mass is 19.2. The highest BCUT2D eigenvalue weighted by molar-refractivity contribution is 6.05. The van der Waals surface area contributed by atoms with Crippen LogP contribution in [0.5, 0.6) is 0 Å². The van der Waals surface area contributed by atoms with Gasteiger partial charge in [0.15, 0.2) is 11.6 Å². The van der Waals surface area contributed by atoms with Crippen LogP contribution in [0.3, 0.4) is 0 Å². The van der Waals surface area contributed by atoms with Crippen molar-refractivity contribution in [1.82, 2.24) is 15.1 Å². The van der Waals surface area contributed by atoms with E-state index >= 15 is 0 Å². The second-order valence-electron chi connectivity index (χ2n) is 5.41. The number of H-pyrrole nitrogens is 1. The lowest BCUT2D eigenvalue weighted by Crippen LogP contribution is -2.30. The average molecular weight is 315 g/mol. The van der Waals surface area contributed by atoms with Gasteiger partial charge in [0.2, 0.25) is 0 Å². The number of halogens is 2. The topological polar surface area (TPSA) is 49.0 Å². The molecule has 3 aromatic rings. The zero-order valence-corrected chi connectivity index (χ0v) is 12.7. The molecule has 0 radical (unpaired) electrons. The van der Waals surface area contributed by atoms with Gasteiger partial charge in [0.1, 0.15) is 0 Å². The summed E-state index contributed by atoms with van der Waals surface area (Å²) in [6, 6.07) is 8.59. The molecule has 1 heterocycles. The smallest absolute Gasteiger partial charge is 0.256 e. The fourth-order valence-corrected chi connectivity index (χ4v) is 2.51. The van der Waals surface area contributed by atoms with E-state index in [0.717, 1.165) is 17.5 Å². The third kappa shape index (κ3) is 2.67. The number of aromatic amines is 1. The van der Waals surface area contributed by atoms with Crippen molar-refractivity contribution < 1.29 is 13.6 Å². The Morgan fingerprint density at radius 3 is 2.74 bits per heavy atom. The molecule has 0 saturated heterocycles. The summed E-state index contributed by atoms with van der Waals surface area (Å²) >= 11 is 0. The monoisotopic (exact) mass is 315 g/mol. The number of nitrogens with one attached hydrogen (secondary N) is 1. The molecule has 0 fully saturated rings. The van der Waals surface area contributed by atoms with Gasteiger partial charge in [-0.15, -0.1) is 0 Å². The summed E-state index contributed by atoms with van der Waals surface area (Å²) in [6.07, 6.45) is 1.64. The number of rotatable bonds is 3. The first-order valence-corrected chi connectivity index (χ1v) is 7.13. The van der Waals surface area contributed by atoms with Crippen LogP contribution in [-0.2, 0) is 0 Å². The van der Waals surface area contributed by atoms with E-state index in [4.69, 9.17) is 0 Å².